The summed E-state index contributed by atoms with van der Waals surface area (Å²) in [5, 5.41) is 0. The van der Waals surface area contributed by atoms with Gasteiger partial charge in [0.1, 0.15) is 0 Å². The molecule has 0 saturated heterocycles. The number of fused-ring (bicyclic) bond motifs is 1. The molecule has 8 bridgehead atoms. The van der Waals surface area contributed by atoms with Crippen molar-refractivity contribution in [1.29, 1.82) is 0 Å². The molecule has 4 aromatic rings. The van der Waals surface area contributed by atoms with Gasteiger partial charge >= 0.3 is 0 Å². The van der Waals surface area contributed by atoms with Gasteiger partial charge in [0.05, 0.1) is 22.8 Å². The van der Waals surface area contributed by atoms with Gasteiger partial charge in [0.15, 0.2) is 0 Å². The van der Waals surface area contributed by atoms with Gasteiger partial charge in [-0.3, -0.25) is 19.9 Å². The van der Waals surface area contributed by atoms with Gasteiger partial charge in [-0.25, -0.2) is 0 Å². The number of nitrogens with zero attached hydrogens (tertiary/aromatic N) is 4. The second-order valence-electron chi connectivity index (χ2n) is 21.4. The Kier molecular flexibility index (Phi) is 5.63. The third-order valence-electron chi connectivity index (χ3n) is 18.5. The van der Waals surface area contributed by atoms with Gasteiger partial charge in [-0.2, -0.15) is 0 Å². The fourth-order valence-electron chi connectivity index (χ4n) is 14.5. The van der Waals surface area contributed by atoms with Crippen LogP contribution in [-0.2, 0) is 12.8 Å². The van der Waals surface area contributed by atoms with E-state index in [1.807, 2.05) is 0 Å². The summed E-state index contributed by atoms with van der Waals surface area (Å²) in [6, 6.07) is 9.83. The summed E-state index contributed by atoms with van der Waals surface area (Å²) < 4.78 is 0. The average molecular weight is 687 g/mol. The zero-order valence-electron chi connectivity index (χ0n) is 32.4. The minimum Gasteiger partial charge on any atom is -0.254 e. The lowest BCUT2D eigenvalue weighted by atomic mass is 9.36. The van der Waals surface area contributed by atoms with E-state index in [4.69, 9.17) is 19.9 Å². The summed E-state index contributed by atoms with van der Waals surface area (Å²) in [7, 11) is 0. The predicted molar refractivity (Wildman–Crippen MR) is 206 cm³/mol. The summed E-state index contributed by atoms with van der Waals surface area (Å²) in [5.74, 6) is 6.34. The van der Waals surface area contributed by atoms with Crippen molar-refractivity contribution in [2.24, 2.45) is 45.3 Å². The lowest BCUT2D eigenvalue weighted by molar-refractivity contribution is -0.0648. The standard InChI is InChI=1S/C48H54N4/c1-45(2)25-9-23-11-39(49-19-29(23)33(45)13-25)41-15-27-31(21-51-41)35-17-37(47(35,5)6)43(27)44-28-16-42(52-22-32(28)36-18-38(44)48(36,7)8)40-12-24-10-26-14-34(46(26,3)4)30(24)20-50-40/h11-12,15-16,19-22,25-26,33-38,43-44H,9-10,13-14,17-18H2,1-8H3/t25-,26-,33-,34-,35-,36-,37+,38+,43+,44+/m0/s1. The fourth-order valence-corrected chi connectivity index (χ4v) is 14.5. The molecule has 0 aliphatic heterocycles. The average Bonchev–Trinajstić information content (AvgIpc) is 3.14. The van der Waals surface area contributed by atoms with E-state index in [-0.39, 0.29) is 10.8 Å². The molecule has 10 atom stereocenters. The Labute approximate surface area is 310 Å². The Bertz CT molecular complexity index is 2100. The maximum Gasteiger partial charge on any atom is 0.0889 e. The molecule has 0 radical (unpaired) electrons. The molecule has 0 aromatic carbocycles. The van der Waals surface area contributed by atoms with Gasteiger partial charge in [-0.15, -0.1) is 0 Å². The first-order chi connectivity index (χ1) is 24.7. The summed E-state index contributed by atoms with van der Waals surface area (Å²) in [6.45, 7) is 20.0. The van der Waals surface area contributed by atoms with Crippen LogP contribution in [0.1, 0.15) is 161 Å². The molecule has 0 spiro atoms. The van der Waals surface area contributed by atoms with E-state index < -0.39 is 0 Å². The van der Waals surface area contributed by atoms with Crippen molar-refractivity contribution < 1.29 is 0 Å². The predicted octanol–water partition coefficient (Wildman–Crippen LogP) is 11.1. The SMILES string of the molecule is CC1(C)[C@H]2Cc3cc(-c4cc5c(cn4)[C@@H]4C[C@H]([C@@H]5[C@@H]5c6cc(-c7cc8c(cn7)[C@@H]7C[C@H](C8)C7(C)C)ncc6[C@@H]6C[C@H]5C6(C)C)C4(C)C)ncc3[C@@H]1C2. The Balaban J connectivity index is 0.970. The van der Waals surface area contributed by atoms with Crippen LogP contribution < -0.4 is 0 Å². The number of hydrogen-bond donors (Lipinski definition) is 0. The monoisotopic (exact) mass is 686 g/mol. The molecule has 4 fully saturated rings. The highest BCUT2D eigenvalue weighted by molar-refractivity contribution is 5.64. The van der Waals surface area contributed by atoms with Crippen molar-refractivity contribution in [1.82, 2.24) is 19.9 Å². The van der Waals surface area contributed by atoms with E-state index in [0.717, 1.165) is 34.6 Å². The first-order valence-corrected chi connectivity index (χ1v) is 20.7. The minimum absolute atomic E-state index is 0.272. The molecule has 4 aromatic heterocycles. The molecule has 0 amide bonds. The summed E-state index contributed by atoms with van der Waals surface area (Å²) in [6.07, 6.45) is 16.6. The van der Waals surface area contributed by atoms with Crippen molar-refractivity contribution in [2.75, 3.05) is 0 Å². The fraction of sp³-hybridized carbons (Fsp3) is 0.583. The van der Waals surface area contributed by atoms with Gasteiger partial charge in [0.2, 0.25) is 0 Å². The molecular formula is C48H54N4. The maximum atomic E-state index is 5.22. The molecule has 16 rings (SSSR count). The topological polar surface area (TPSA) is 51.6 Å². The zero-order valence-corrected chi connectivity index (χ0v) is 32.4. The molecule has 4 heteroatoms. The van der Waals surface area contributed by atoms with Crippen molar-refractivity contribution in [3.05, 3.63) is 93.6 Å². The van der Waals surface area contributed by atoms with E-state index in [9.17, 15) is 0 Å². The number of pyridine rings is 4. The Morgan fingerprint density at radius 3 is 1.12 bits per heavy atom. The van der Waals surface area contributed by atoms with Crippen molar-refractivity contribution in [2.45, 2.75) is 129 Å². The van der Waals surface area contributed by atoms with Crippen LogP contribution in [0, 0.1) is 45.3 Å². The van der Waals surface area contributed by atoms with E-state index in [1.54, 1.807) is 11.1 Å². The lowest BCUT2D eigenvalue weighted by Crippen LogP contribution is -2.57. The largest absolute Gasteiger partial charge is 0.254 e. The van der Waals surface area contributed by atoms with E-state index in [2.05, 4.69) is 104 Å². The smallest absolute Gasteiger partial charge is 0.0889 e. The summed E-state index contributed by atoms with van der Waals surface area (Å²) in [5.41, 5.74) is 17.8. The van der Waals surface area contributed by atoms with Crippen LogP contribution in [-0.4, -0.2) is 19.9 Å². The van der Waals surface area contributed by atoms with Crippen molar-refractivity contribution >= 4 is 0 Å². The lowest BCUT2D eigenvalue weighted by Gasteiger charge is -2.67. The molecule has 4 heterocycles. The molecule has 0 N–H and O–H groups in total. The molecule has 4 nitrogen and oxygen atoms in total. The maximum absolute atomic E-state index is 5.22. The molecular weight excluding hydrogens is 633 g/mol. The van der Waals surface area contributed by atoms with Crippen LogP contribution in [0.5, 0.6) is 0 Å². The Hall–Kier alpha value is -3.40. The number of aromatic nitrogens is 4. The summed E-state index contributed by atoms with van der Waals surface area (Å²) >= 11 is 0. The third-order valence-corrected chi connectivity index (χ3v) is 18.5. The zero-order chi connectivity index (χ0) is 35.4. The van der Waals surface area contributed by atoms with Crippen LogP contribution in [0.2, 0.25) is 0 Å². The highest BCUT2D eigenvalue weighted by Crippen LogP contribution is 2.75. The van der Waals surface area contributed by atoms with Crippen LogP contribution in [0.4, 0.5) is 0 Å². The Morgan fingerprint density at radius 2 is 0.750 bits per heavy atom. The molecule has 4 saturated carbocycles. The first kappa shape index (κ1) is 31.0. The van der Waals surface area contributed by atoms with Gasteiger partial charge in [0, 0.05) is 24.8 Å². The second kappa shape index (κ2) is 9.45. The minimum atomic E-state index is 0.272. The number of hydrogen-bond acceptors (Lipinski definition) is 4. The van der Waals surface area contributed by atoms with Crippen LogP contribution in [0.25, 0.3) is 22.8 Å². The Morgan fingerprint density at radius 1 is 0.404 bits per heavy atom. The molecule has 52 heavy (non-hydrogen) atoms. The normalized spacial score (nSPS) is 37.4. The highest BCUT2D eigenvalue weighted by atomic mass is 14.8. The van der Waals surface area contributed by atoms with Gasteiger partial charge in [0.25, 0.3) is 0 Å². The molecule has 12 aliphatic rings. The summed E-state index contributed by atoms with van der Waals surface area (Å²) in [4.78, 5) is 20.7. The third kappa shape index (κ3) is 3.58. The number of rotatable bonds is 3. The van der Waals surface area contributed by atoms with Crippen molar-refractivity contribution in [3.8, 4) is 22.8 Å². The molecule has 0 unspecified atom stereocenters. The quantitative estimate of drug-likeness (QED) is 0.215. The highest BCUT2D eigenvalue weighted by Gasteiger charge is 2.65. The second-order valence-corrected chi connectivity index (χ2v) is 21.4. The van der Waals surface area contributed by atoms with Crippen LogP contribution in [0.3, 0.4) is 0 Å². The van der Waals surface area contributed by atoms with Crippen LogP contribution in [0.15, 0.2) is 49.1 Å². The van der Waals surface area contributed by atoms with Crippen molar-refractivity contribution in [3.63, 3.8) is 0 Å². The van der Waals surface area contributed by atoms with Gasteiger partial charge in [-0.05, 0) is 188 Å². The first-order valence-electron chi connectivity index (χ1n) is 20.7. The molecule has 266 valence electrons. The van der Waals surface area contributed by atoms with Gasteiger partial charge < -0.3 is 0 Å². The van der Waals surface area contributed by atoms with Crippen LogP contribution >= 0.6 is 0 Å². The van der Waals surface area contributed by atoms with E-state index in [0.29, 0.717) is 58.2 Å². The van der Waals surface area contributed by atoms with E-state index in [1.165, 1.54) is 71.9 Å². The van der Waals surface area contributed by atoms with Gasteiger partial charge in [-0.1, -0.05) is 55.4 Å². The van der Waals surface area contributed by atoms with E-state index >= 15 is 0 Å². The molecule has 12 aliphatic carbocycles.